The molecule has 78 valence electrons. The highest BCUT2D eigenvalue weighted by molar-refractivity contribution is 5.78. The molecule has 3 N–H and O–H groups in total. The first-order valence-electron chi connectivity index (χ1n) is 4.57. The summed E-state index contributed by atoms with van der Waals surface area (Å²) >= 11 is 0. The van der Waals surface area contributed by atoms with Gasteiger partial charge in [-0.2, -0.15) is 0 Å². The van der Waals surface area contributed by atoms with Gasteiger partial charge in [0.05, 0.1) is 5.92 Å². The van der Waals surface area contributed by atoms with E-state index in [4.69, 9.17) is 5.84 Å². The minimum atomic E-state index is -0.173. The largest absolute Gasteiger partial charge is 0.332 e. The Labute approximate surface area is 83.3 Å². The fourth-order valence-corrected chi connectivity index (χ4v) is 1.41. The molecule has 0 fully saturated rings. The highest BCUT2D eigenvalue weighted by Gasteiger charge is 2.21. The van der Waals surface area contributed by atoms with Gasteiger partial charge < -0.3 is 4.57 Å². The van der Waals surface area contributed by atoms with Gasteiger partial charge in [0.25, 0.3) is 0 Å². The number of carbonyl (C=O) groups is 1. The average molecular weight is 196 g/mol. The van der Waals surface area contributed by atoms with Crippen LogP contribution in [0.15, 0.2) is 12.4 Å². The van der Waals surface area contributed by atoms with Crippen molar-refractivity contribution in [2.24, 2.45) is 11.8 Å². The Bertz CT molecular complexity index is 320. The van der Waals surface area contributed by atoms with Gasteiger partial charge in [-0.15, -0.1) is 0 Å². The molecule has 0 aliphatic heterocycles. The average Bonchev–Trinajstić information content (AvgIpc) is 2.61. The second-order valence-electron chi connectivity index (χ2n) is 3.42. The fourth-order valence-electron chi connectivity index (χ4n) is 1.41. The molecule has 5 heteroatoms. The molecule has 0 aliphatic rings. The number of nitrogens with one attached hydrogen (secondary N) is 1. The Kier molecular flexibility index (Phi) is 3.24. The summed E-state index contributed by atoms with van der Waals surface area (Å²) in [6.45, 7) is 5.71. The van der Waals surface area contributed by atoms with Crippen LogP contribution in [0.25, 0.3) is 0 Å². The molecule has 14 heavy (non-hydrogen) atoms. The Morgan fingerprint density at radius 3 is 2.71 bits per heavy atom. The van der Waals surface area contributed by atoms with E-state index in [1.807, 2.05) is 31.5 Å². The number of nitrogens with zero attached hydrogens (tertiary/aromatic N) is 2. The standard InChI is InChI=1S/C9H16N4O/c1-6(9(14)12-10)7(2)13-5-4-11-8(13)3/h4-7H,10H2,1-3H3,(H,12,14). The lowest BCUT2D eigenvalue weighted by Crippen LogP contribution is -2.37. The summed E-state index contributed by atoms with van der Waals surface area (Å²) in [6.07, 6.45) is 3.58. The molecule has 0 saturated heterocycles. The number of hydrogen-bond donors (Lipinski definition) is 2. The van der Waals surface area contributed by atoms with Gasteiger partial charge >= 0.3 is 0 Å². The summed E-state index contributed by atoms with van der Waals surface area (Å²) in [4.78, 5) is 15.4. The van der Waals surface area contributed by atoms with E-state index in [9.17, 15) is 4.79 Å². The molecule has 1 rings (SSSR count). The van der Waals surface area contributed by atoms with Crippen molar-refractivity contribution in [1.29, 1.82) is 0 Å². The lowest BCUT2D eigenvalue weighted by atomic mass is 10.0. The SMILES string of the molecule is Cc1nccn1C(C)C(C)C(=O)NN. The molecule has 0 bridgehead atoms. The van der Waals surface area contributed by atoms with E-state index in [2.05, 4.69) is 10.4 Å². The Balaban J connectivity index is 2.80. The van der Waals surface area contributed by atoms with Gasteiger partial charge in [-0.1, -0.05) is 6.92 Å². The molecule has 1 aromatic heterocycles. The third-order valence-corrected chi connectivity index (χ3v) is 2.58. The minimum absolute atomic E-state index is 0.0565. The van der Waals surface area contributed by atoms with Crippen molar-refractivity contribution in [3.8, 4) is 0 Å². The van der Waals surface area contributed by atoms with Crippen LogP contribution < -0.4 is 11.3 Å². The van der Waals surface area contributed by atoms with Gasteiger partial charge in [0.15, 0.2) is 0 Å². The Hall–Kier alpha value is -1.36. The van der Waals surface area contributed by atoms with Crippen molar-refractivity contribution in [3.63, 3.8) is 0 Å². The molecule has 1 aromatic rings. The van der Waals surface area contributed by atoms with Crippen molar-refractivity contribution in [1.82, 2.24) is 15.0 Å². The minimum Gasteiger partial charge on any atom is -0.332 e. The van der Waals surface area contributed by atoms with E-state index in [1.165, 1.54) is 0 Å². The van der Waals surface area contributed by atoms with Crippen LogP contribution in [0.4, 0.5) is 0 Å². The smallest absolute Gasteiger partial charge is 0.238 e. The molecule has 0 aromatic carbocycles. The van der Waals surface area contributed by atoms with E-state index >= 15 is 0 Å². The summed E-state index contributed by atoms with van der Waals surface area (Å²) in [5, 5.41) is 0. The molecule has 0 spiro atoms. The molecular formula is C9H16N4O. The van der Waals surface area contributed by atoms with Gasteiger partial charge in [0.2, 0.25) is 5.91 Å². The zero-order valence-electron chi connectivity index (χ0n) is 8.69. The number of nitrogens with two attached hydrogens (primary N) is 1. The number of imidazole rings is 1. The number of aryl methyl sites for hydroxylation is 1. The van der Waals surface area contributed by atoms with Crippen LogP contribution in [0.1, 0.15) is 25.7 Å². The van der Waals surface area contributed by atoms with Crippen LogP contribution in [0.3, 0.4) is 0 Å². The van der Waals surface area contributed by atoms with Crippen LogP contribution in [0.5, 0.6) is 0 Å². The molecule has 2 unspecified atom stereocenters. The third-order valence-electron chi connectivity index (χ3n) is 2.58. The highest BCUT2D eigenvalue weighted by Crippen LogP contribution is 2.18. The first-order valence-corrected chi connectivity index (χ1v) is 4.57. The van der Waals surface area contributed by atoms with Crippen molar-refractivity contribution in [2.45, 2.75) is 26.8 Å². The maximum atomic E-state index is 11.3. The zero-order valence-corrected chi connectivity index (χ0v) is 8.69. The number of aromatic nitrogens is 2. The van der Waals surface area contributed by atoms with E-state index in [0.717, 1.165) is 5.82 Å². The summed E-state index contributed by atoms with van der Waals surface area (Å²) in [5.74, 6) is 5.64. The number of rotatable bonds is 3. The van der Waals surface area contributed by atoms with E-state index in [-0.39, 0.29) is 17.9 Å². The van der Waals surface area contributed by atoms with Crippen LogP contribution in [-0.4, -0.2) is 15.5 Å². The molecule has 1 heterocycles. The quantitative estimate of drug-likeness (QED) is 0.417. The van der Waals surface area contributed by atoms with Crippen LogP contribution >= 0.6 is 0 Å². The number of hydrogen-bond acceptors (Lipinski definition) is 3. The first kappa shape index (κ1) is 10.7. The van der Waals surface area contributed by atoms with Gasteiger partial charge in [-0.05, 0) is 13.8 Å². The van der Waals surface area contributed by atoms with Gasteiger partial charge in [0.1, 0.15) is 5.82 Å². The van der Waals surface area contributed by atoms with Gasteiger partial charge in [0, 0.05) is 18.4 Å². The van der Waals surface area contributed by atoms with Crippen molar-refractivity contribution in [2.75, 3.05) is 0 Å². The molecule has 5 nitrogen and oxygen atoms in total. The van der Waals surface area contributed by atoms with Crippen LogP contribution in [-0.2, 0) is 4.79 Å². The number of hydrazine groups is 1. The van der Waals surface area contributed by atoms with Crippen molar-refractivity contribution < 1.29 is 4.79 Å². The molecular weight excluding hydrogens is 180 g/mol. The third kappa shape index (κ3) is 1.93. The molecule has 1 amide bonds. The Morgan fingerprint density at radius 2 is 2.29 bits per heavy atom. The lowest BCUT2D eigenvalue weighted by molar-refractivity contribution is -0.125. The zero-order chi connectivity index (χ0) is 10.7. The maximum Gasteiger partial charge on any atom is 0.238 e. The predicted octanol–water partition coefficient (Wildman–Crippen LogP) is 0.379. The van der Waals surface area contributed by atoms with Crippen LogP contribution in [0.2, 0.25) is 0 Å². The van der Waals surface area contributed by atoms with Crippen LogP contribution in [0, 0.1) is 12.8 Å². The summed E-state index contributed by atoms with van der Waals surface area (Å²) in [7, 11) is 0. The maximum absolute atomic E-state index is 11.3. The lowest BCUT2D eigenvalue weighted by Gasteiger charge is -2.20. The first-order chi connectivity index (χ1) is 6.57. The van der Waals surface area contributed by atoms with Gasteiger partial charge in [-0.25, -0.2) is 10.8 Å². The predicted molar refractivity (Wildman–Crippen MR) is 53.2 cm³/mol. The second kappa shape index (κ2) is 4.23. The highest BCUT2D eigenvalue weighted by atomic mass is 16.2. The van der Waals surface area contributed by atoms with Crippen molar-refractivity contribution in [3.05, 3.63) is 18.2 Å². The topological polar surface area (TPSA) is 72.9 Å². The summed E-state index contributed by atoms with van der Waals surface area (Å²) < 4.78 is 1.96. The molecule has 0 aliphatic carbocycles. The fraction of sp³-hybridized carbons (Fsp3) is 0.556. The van der Waals surface area contributed by atoms with E-state index in [1.54, 1.807) is 6.20 Å². The Morgan fingerprint density at radius 1 is 1.64 bits per heavy atom. The molecule has 0 saturated carbocycles. The second-order valence-corrected chi connectivity index (χ2v) is 3.42. The molecule has 0 radical (unpaired) electrons. The molecule has 2 atom stereocenters. The number of amides is 1. The summed E-state index contributed by atoms with van der Waals surface area (Å²) in [5.41, 5.74) is 2.15. The number of carbonyl (C=O) groups excluding carboxylic acids is 1. The van der Waals surface area contributed by atoms with E-state index < -0.39 is 0 Å². The monoisotopic (exact) mass is 196 g/mol. The normalized spacial score (nSPS) is 14.9. The van der Waals surface area contributed by atoms with Crippen molar-refractivity contribution >= 4 is 5.91 Å². The van der Waals surface area contributed by atoms with E-state index in [0.29, 0.717) is 0 Å². The summed E-state index contributed by atoms with van der Waals surface area (Å²) in [6, 6.07) is 0.0565. The van der Waals surface area contributed by atoms with Gasteiger partial charge in [-0.3, -0.25) is 10.2 Å².